The maximum absolute atomic E-state index is 5.51. The molecule has 78 valence electrons. The molecule has 2 N–H and O–H groups in total. The summed E-state index contributed by atoms with van der Waals surface area (Å²) in [4.78, 5) is 3.98. The summed E-state index contributed by atoms with van der Waals surface area (Å²) in [6.07, 6.45) is 8.38. The molecule has 0 spiro atoms. The van der Waals surface area contributed by atoms with Gasteiger partial charge in [0.15, 0.2) is 0 Å². The number of aromatic nitrogens is 3. The maximum atomic E-state index is 5.51. The van der Waals surface area contributed by atoms with Crippen LogP contribution in [0.25, 0.3) is 0 Å². The van der Waals surface area contributed by atoms with Crippen LogP contribution in [0.3, 0.4) is 0 Å². The minimum absolute atomic E-state index is 0.551. The third-order valence-electron chi connectivity index (χ3n) is 2.30. The van der Waals surface area contributed by atoms with Crippen LogP contribution in [0.1, 0.15) is 11.1 Å². The van der Waals surface area contributed by atoms with Gasteiger partial charge in [0.1, 0.15) is 0 Å². The second kappa shape index (κ2) is 4.70. The fraction of sp³-hybridized carbons (Fsp3) is 0.273. The number of aryl methyl sites for hydroxylation is 2. The molecule has 0 aromatic carbocycles. The lowest BCUT2D eigenvalue weighted by molar-refractivity contribution is 0.614. The van der Waals surface area contributed by atoms with Crippen molar-refractivity contribution >= 4 is 0 Å². The summed E-state index contributed by atoms with van der Waals surface area (Å²) in [5, 5.41) is 4.22. The molecule has 4 nitrogen and oxygen atoms in total. The summed E-state index contributed by atoms with van der Waals surface area (Å²) < 4.78 is 1.92. The van der Waals surface area contributed by atoms with Crippen molar-refractivity contribution in [1.29, 1.82) is 0 Å². The van der Waals surface area contributed by atoms with Gasteiger partial charge in [0.2, 0.25) is 0 Å². The summed E-state index contributed by atoms with van der Waals surface area (Å²) in [5.74, 6) is 0. The highest BCUT2D eigenvalue weighted by Gasteiger charge is 1.97. The van der Waals surface area contributed by atoms with Crippen LogP contribution in [0.5, 0.6) is 0 Å². The van der Waals surface area contributed by atoms with Crippen LogP contribution >= 0.6 is 0 Å². The van der Waals surface area contributed by atoms with E-state index in [0.717, 1.165) is 18.5 Å². The topological polar surface area (TPSA) is 56.7 Å². The molecule has 2 rings (SSSR count). The van der Waals surface area contributed by atoms with Crippen LogP contribution < -0.4 is 5.73 Å². The smallest absolute Gasteiger partial charge is 0.0534 e. The van der Waals surface area contributed by atoms with Crippen molar-refractivity contribution in [1.82, 2.24) is 14.8 Å². The van der Waals surface area contributed by atoms with Gasteiger partial charge in [-0.3, -0.25) is 9.67 Å². The van der Waals surface area contributed by atoms with Crippen molar-refractivity contribution in [3.63, 3.8) is 0 Å². The largest absolute Gasteiger partial charge is 0.326 e. The summed E-state index contributed by atoms with van der Waals surface area (Å²) in [6.45, 7) is 1.43. The van der Waals surface area contributed by atoms with E-state index in [-0.39, 0.29) is 0 Å². The highest BCUT2D eigenvalue weighted by Crippen LogP contribution is 2.01. The first-order chi connectivity index (χ1) is 7.38. The molecule has 15 heavy (non-hydrogen) atoms. The highest BCUT2D eigenvalue weighted by atomic mass is 15.3. The first kappa shape index (κ1) is 9.86. The van der Waals surface area contributed by atoms with Gasteiger partial charge >= 0.3 is 0 Å². The van der Waals surface area contributed by atoms with Crippen LogP contribution in [0, 0.1) is 0 Å². The summed E-state index contributed by atoms with van der Waals surface area (Å²) >= 11 is 0. The third kappa shape index (κ3) is 2.63. The molecule has 0 amide bonds. The fourth-order valence-electron chi connectivity index (χ4n) is 1.43. The van der Waals surface area contributed by atoms with Gasteiger partial charge in [-0.15, -0.1) is 0 Å². The highest BCUT2D eigenvalue weighted by molar-refractivity contribution is 5.10. The van der Waals surface area contributed by atoms with Crippen molar-refractivity contribution in [2.24, 2.45) is 5.73 Å². The van der Waals surface area contributed by atoms with E-state index in [4.69, 9.17) is 5.73 Å². The Bertz CT molecular complexity index is 408. The molecule has 0 bridgehead atoms. The molecule has 2 aromatic heterocycles. The van der Waals surface area contributed by atoms with Gasteiger partial charge in [-0.2, -0.15) is 5.10 Å². The Morgan fingerprint density at radius 2 is 2.00 bits per heavy atom. The normalized spacial score (nSPS) is 10.5. The molecule has 0 aliphatic heterocycles. The van der Waals surface area contributed by atoms with Gasteiger partial charge in [-0.25, -0.2) is 0 Å². The Kier molecular flexibility index (Phi) is 3.09. The van der Waals surface area contributed by atoms with E-state index >= 15 is 0 Å². The SMILES string of the molecule is NCc1cnn(CCc2ccncc2)c1. The van der Waals surface area contributed by atoms with E-state index in [0.29, 0.717) is 6.54 Å². The van der Waals surface area contributed by atoms with Gasteiger partial charge in [0, 0.05) is 37.2 Å². The molecule has 0 fully saturated rings. The lowest BCUT2D eigenvalue weighted by Gasteiger charge is -2.00. The molecule has 0 unspecified atom stereocenters. The van der Waals surface area contributed by atoms with Crippen LogP contribution in [0.2, 0.25) is 0 Å². The zero-order valence-electron chi connectivity index (χ0n) is 8.50. The van der Waals surface area contributed by atoms with Crippen LogP contribution in [0.4, 0.5) is 0 Å². The number of rotatable bonds is 4. The predicted molar refractivity (Wildman–Crippen MR) is 58.1 cm³/mol. The molecular formula is C11H14N4. The Labute approximate surface area is 88.8 Å². The van der Waals surface area contributed by atoms with Crippen molar-refractivity contribution in [3.8, 4) is 0 Å². The molecule has 4 heteroatoms. The quantitative estimate of drug-likeness (QED) is 0.804. The van der Waals surface area contributed by atoms with E-state index < -0.39 is 0 Å². The monoisotopic (exact) mass is 202 g/mol. The van der Waals surface area contributed by atoms with Gasteiger partial charge in [0.05, 0.1) is 6.20 Å². The van der Waals surface area contributed by atoms with Crippen molar-refractivity contribution in [3.05, 3.63) is 48.0 Å². The standard InChI is InChI=1S/C11H14N4/c12-7-11-8-14-15(9-11)6-3-10-1-4-13-5-2-10/h1-2,4-5,8-9H,3,6-7,12H2. The van der Waals surface area contributed by atoms with Gasteiger partial charge in [0.25, 0.3) is 0 Å². The van der Waals surface area contributed by atoms with Crippen molar-refractivity contribution < 1.29 is 0 Å². The molecule has 0 radical (unpaired) electrons. The molecule has 0 saturated carbocycles. The lowest BCUT2D eigenvalue weighted by Crippen LogP contribution is -2.02. The Morgan fingerprint density at radius 1 is 1.20 bits per heavy atom. The Hall–Kier alpha value is -1.68. The van der Waals surface area contributed by atoms with E-state index in [1.165, 1.54) is 5.56 Å². The van der Waals surface area contributed by atoms with E-state index in [9.17, 15) is 0 Å². The number of hydrogen-bond donors (Lipinski definition) is 1. The molecule has 0 aliphatic rings. The van der Waals surface area contributed by atoms with Gasteiger partial charge in [-0.05, 0) is 24.1 Å². The minimum Gasteiger partial charge on any atom is -0.326 e. The van der Waals surface area contributed by atoms with Crippen LogP contribution in [0.15, 0.2) is 36.9 Å². The number of nitrogens with zero attached hydrogens (tertiary/aromatic N) is 3. The second-order valence-corrected chi connectivity index (χ2v) is 3.42. The summed E-state index contributed by atoms with van der Waals surface area (Å²) in [5.41, 5.74) is 7.86. The van der Waals surface area contributed by atoms with Crippen molar-refractivity contribution in [2.45, 2.75) is 19.5 Å². The first-order valence-electron chi connectivity index (χ1n) is 4.99. The number of hydrogen-bond acceptors (Lipinski definition) is 3. The van der Waals surface area contributed by atoms with E-state index in [1.54, 1.807) is 0 Å². The average molecular weight is 202 g/mol. The molecule has 0 atom stereocenters. The number of nitrogens with two attached hydrogens (primary N) is 1. The van der Waals surface area contributed by atoms with E-state index in [1.807, 2.05) is 41.6 Å². The predicted octanol–water partition coefficient (Wildman–Crippen LogP) is 0.979. The zero-order chi connectivity index (χ0) is 10.5. The molecule has 2 aromatic rings. The number of pyridine rings is 1. The average Bonchev–Trinajstić information content (AvgIpc) is 2.76. The zero-order valence-corrected chi connectivity index (χ0v) is 8.50. The second-order valence-electron chi connectivity index (χ2n) is 3.42. The lowest BCUT2D eigenvalue weighted by atomic mass is 10.2. The van der Waals surface area contributed by atoms with Crippen molar-refractivity contribution in [2.75, 3.05) is 0 Å². The maximum Gasteiger partial charge on any atom is 0.0534 e. The molecular weight excluding hydrogens is 188 g/mol. The van der Waals surface area contributed by atoms with E-state index in [2.05, 4.69) is 10.1 Å². The Morgan fingerprint density at radius 3 is 2.67 bits per heavy atom. The minimum atomic E-state index is 0.551. The van der Waals surface area contributed by atoms with Gasteiger partial charge in [-0.1, -0.05) is 0 Å². The fourth-order valence-corrected chi connectivity index (χ4v) is 1.43. The summed E-state index contributed by atoms with van der Waals surface area (Å²) in [6, 6.07) is 4.04. The van der Waals surface area contributed by atoms with Crippen LogP contribution in [-0.4, -0.2) is 14.8 Å². The Balaban J connectivity index is 1.93. The third-order valence-corrected chi connectivity index (χ3v) is 2.30. The molecule has 2 heterocycles. The van der Waals surface area contributed by atoms with Gasteiger partial charge < -0.3 is 5.73 Å². The first-order valence-corrected chi connectivity index (χ1v) is 4.99. The van der Waals surface area contributed by atoms with Crippen LogP contribution in [-0.2, 0) is 19.5 Å². The summed E-state index contributed by atoms with van der Waals surface area (Å²) in [7, 11) is 0. The molecule has 0 aliphatic carbocycles. The molecule has 0 saturated heterocycles.